The molecule has 0 aliphatic rings. The van der Waals surface area contributed by atoms with E-state index in [4.69, 9.17) is 0 Å². The third-order valence-electron chi connectivity index (χ3n) is 2.49. The lowest BCUT2D eigenvalue weighted by atomic mass is 10.2. The van der Waals surface area contributed by atoms with Crippen LogP contribution in [0.1, 0.15) is 23.0 Å². The van der Waals surface area contributed by atoms with Gasteiger partial charge in [0.2, 0.25) is 0 Å². The summed E-state index contributed by atoms with van der Waals surface area (Å²) in [6.45, 7) is 0.983. The molecule has 0 fully saturated rings. The Kier molecular flexibility index (Phi) is 3.67. The van der Waals surface area contributed by atoms with Crippen molar-refractivity contribution in [1.82, 2.24) is 4.98 Å². The normalized spacial score (nSPS) is 10.1. The van der Waals surface area contributed by atoms with Gasteiger partial charge in [0.25, 0.3) is 0 Å². The van der Waals surface area contributed by atoms with Gasteiger partial charge in [-0.15, -0.1) is 0 Å². The number of hydrogen-bond donors (Lipinski definition) is 1. The third kappa shape index (κ3) is 2.91. The molecule has 0 aliphatic carbocycles. The standard InChI is InChI=1S/C14H13FN2O/c1-10(18)14-6-5-13(9-16-14)17-12-4-2-3-11(7-12)8-15/h2-7,9,17H,8H2,1H3. The Morgan fingerprint density at radius 3 is 2.72 bits per heavy atom. The molecule has 0 spiro atoms. The molecule has 3 nitrogen and oxygen atoms in total. The predicted molar refractivity (Wildman–Crippen MR) is 68.8 cm³/mol. The molecule has 4 heteroatoms. The summed E-state index contributed by atoms with van der Waals surface area (Å²) >= 11 is 0. The van der Waals surface area contributed by atoms with Gasteiger partial charge in [0.05, 0.1) is 11.9 Å². The molecule has 2 aromatic rings. The summed E-state index contributed by atoms with van der Waals surface area (Å²) in [5, 5.41) is 3.10. The summed E-state index contributed by atoms with van der Waals surface area (Å²) in [4.78, 5) is 15.1. The molecular formula is C14H13FN2O. The molecule has 1 aromatic heterocycles. The molecule has 1 heterocycles. The monoisotopic (exact) mass is 244 g/mol. The first-order valence-electron chi connectivity index (χ1n) is 5.58. The van der Waals surface area contributed by atoms with Gasteiger partial charge in [-0.05, 0) is 29.8 Å². The van der Waals surface area contributed by atoms with Crippen LogP contribution in [0.2, 0.25) is 0 Å². The van der Waals surface area contributed by atoms with Gasteiger partial charge in [-0.2, -0.15) is 0 Å². The second kappa shape index (κ2) is 5.40. The van der Waals surface area contributed by atoms with E-state index in [1.807, 2.05) is 6.07 Å². The predicted octanol–water partition coefficient (Wildman–Crippen LogP) is 3.50. The zero-order valence-corrected chi connectivity index (χ0v) is 9.98. The Balaban J connectivity index is 2.15. The summed E-state index contributed by atoms with van der Waals surface area (Å²) in [6, 6.07) is 10.5. The lowest BCUT2D eigenvalue weighted by Crippen LogP contribution is -1.97. The van der Waals surface area contributed by atoms with Crippen LogP contribution in [0.25, 0.3) is 0 Å². The molecule has 0 radical (unpaired) electrons. The number of nitrogens with zero attached hydrogens (tertiary/aromatic N) is 1. The minimum Gasteiger partial charge on any atom is -0.354 e. The molecule has 0 unspecified atom stereocenters. The van der Waals surface area contributed by atoms with Crippen molar-refractivity contribution in [1.29, 1.82) is 0 Å². The van der Waals surface area contributed by atoms with E-state index in [-0.39, 0.29) is 5.78 Å². The first kappa shape index (κ1) is 12.2. The Labute approximate surface area is 105 Å². The van der Waals surface area contributed by atoms with Crippen LogP contribution in [-0.2, 0) is 6.67 Å². The van der Waals surface area contributed by atoms with Gasteiger partial charge in [0, 0.05) is 12.6 Å². The molecule has 1 N–H and O–H groups in total. The molecule has 18 heavy (non-hydrogen) atoms. The van der Waals surface area contributed by atoms with E-state index in [1.54, 1.807) is 36.5 Å². The highest BCUT2D eigenvalue weighted by molar-refractivity contribution is 5.92. The van der Waals surface area contributed by atoms with Crippen LogP contribution in [0, 0.1) is 0 Å². The minimum absolute atomic E-state index is 0.0685. The van der Waals surface area contributed by atoms with Crippen molar-refractivity contribution >= 4 is 17.2 Å². The number of benzene rings is 1. The maximum atomic E-state index is 12.5. The van der Waals surface area contributed by atoms with Crippen LogP contribution in [0.4, 0.5) is 15.8 Å². The van der Waals surface area contributed by atoms with E-state index in [1.165, 1.54) is 6.92 Å². The summed E-state index contributed by atoms with van der Waals surface area (Å²) in [5.41, 5.74) is 2.60. The highest BCUT2D eigenvalue weighted by atomic mass is 19.1. The van der Waals surface area contributed by atoms with Crippen LogP contribution < -0.4 is 5.32 Å². The minimum atomic E-state index is -0.489. The van der Waals surface area contributed by atoms with Crippen molar-refractivity contribution in [2.45, 2.75) is 13.6 Å². The highest BCUT2D eigenvalue weighted by Crippen LogP contribution is 2.17. The quantitative estimate of drug-likeness (QED) is 0.837. The summed E-state index contributed by atoms with van der Waals surface area (Å²) in [7, 11) is 0. The number of alkyl halides is 1. The number of hydrogen-bond acceptors (Lipinski definition) is 3. The number of ketones is 1. The number of pyridine rings is 1. The zero-order chi connectivity index (χ0) is 13.0. The summed E-state index contributed by atoms with van der Waals surface area (Å²) in [5.74, 6) is -0.0685. The van der Waals surface area contributed by atoms with E-state index < -0.39 is 6.67 Å². The maximum Gasteiger partial charge on any atom is 0.178 e. The number of Topliss-reactive ketones (excluding diaryl/α,β-unsaturated/α-hetero) is 1. The number of halogens is 1. The fraction of sp³-hybridized carbons (Fsp3) is 0.143. The molecule has 2 rings (SSSR count). The first-order chi connectivity index (χ1) is 8.69. The average Bonchev–Trinajstić information content (AvgIpc) is 2.39. The Morgan fingerprint density at radius 1 is 1.28 bits per heavy atom. The van der Waals surface area contributed by atoms with Gasteiger partial charge in [0.1, 0.15) is 12.4 Å². The second-order valence-electron chi connectivity index (χ2n) is 3.95. The molecule has 0 saturated carbocycles. The highest BCUT2D eigenvalue weighted by Gasteiger charge is 2.01. The molecule has 0 aliphatic heterocycles. The second-order valence-corrected chi connectivity index (χ2v) is 3.95. The number of aromatic nitrogens is 1. The zero-order valence-electron chi connectivity index (χ0n) is 9.98. The Morgan fingerprint density at radius 2 is 2.11 bits per heavy atom. The number of carbonyl (C=O) groups excluding carboxylic acids is 1. The van der Waals surface area contributed by atoms with E-state index >= 15 is 0 Å². The smallest absolute Gasteiger partial charge is 0.178 e. The topological polar surface area (TPSA) is 42.0 Å². The molecule has 92 valence electrons. The first-order valence-corrected chi connectivity index (χ1v) is 5.58. The number of rotatable bonds is 4. The number of anilines is 2. The summed E-state index contributed by atoms with van der Waals surface area (Å²) < 4.78 is 12.5. The molecule has 0 amide bonds. The van der Waals surface area contributed by atoms with Gasteiger partial charge in [-0.25, -0.2) is 4.39 Å². The van der Waals surface area contributed by atoms with Crippen LogP contribution >= 0.6 is 0 Å². The van der Waals surface area contributed by atoms with Crippen LogP contribution in [0.3, 0.4) is 0 Å². The fourth-order valence-corrected chi connectivity index (χ4v) is 1.57. The average molecular weight is 244 g/mol. The van der Waals surface area contributed by atoms with Crippen molar-refractivity contribution < 1.29 is 9.18 Å². The van der Waals surface area contributed by atoms with E-state index in [0.717, 1.165) is 11.4 Å². The molecular weight excluding hydrogens is 231 g/mol. The number of carbonyl (C=O) groups is 1. The van der Waals surface area contributed by atoms with Gasteiger partial charge in [-0.3, -0.25) is 9.78 Å². The molecule has 0 atom stereocenters. The van der Waals surface area contributed by atoms with Gasteiger partial charge in [-0.1, -0.05) is 12.1 Å². The lowest BCUT2D eigenvalue weighted by Gasteiger charge is -2.07. The van der Waals surface area contributed by atoms with E-state index in [9.17, 15) is 9.18 Å². The van der Waals surface area contributed by atoms with Crippen LogP contribution in [-0.4, -0.2) is 10.8 Å². The SMILES string of the molecule is CC(=O)c1ccc(Nc2cccc(CF)c2)cn1. The van der Waals surface area contributed by atoms with Crippen LogP contribution in [0.5, 0.6) is 0 Å². The van der Waals surface area contributed by atoms with Crippen molar-refractivity contribution in [3.8, 4) is 0 Å². The number of nitrogens with one attached hydrogen (secondary N) is 1. The fourth-order valence-electron chi connectivity index (χ4n) is 1.57. The van der Waals surface area contributed by atoms with Crippen LogP contribution in [0.15, 0.2) is 42.6 Å². The van der Waals surface area contributed by atoms with Gasteiger partial charge >= 0.3 is 0 Å². The van der Waals surface area contributed by atoms with Gasteiger partial charge < -0.3 is 5.32 Å². The Bertz CT molecular complexity index is 552. The van der Waals surface area contributed by atoms with E-state index in [2.05, 4.69) is 10.3 Å². The van der Waals surface area contributed by atoms with Gasteiger partial charge in [0.15, 0.2) is 5.78 Å². The van der Waals surface area contributed by atoms with Crippen molar-refractivity contribution in [3.63, 3.8) is 0 Å². The molecule has 1 aromatic carbocycles. The lowest BCUT2D eigenvalue weighted by molar-refractivity contribution is 0.101. The van der Waals surface area contributed by atoms with Crippen molar-refractivity contribution in [2.75, 3.05) is 5.32 Å². The summed E-state index contributed by atoms with van der Waals surface area (Å²) in [6.07, 6.45) is 1.58. The molecule has 0 bridgehead atoms. The largest absolute Gasteiger partial charge is 0.354 e. The molecule has 0 saturated heterocycles. The van der Waals surface area contributed by atoms with Crippen molar-refractivity contribution in [2.24, 2.45) is 0 Å². The van der Waals surface area contributed by atoms with E-state index in [0.29, 0.717) is 11.3 Å². The Hall–Kier alpha value is -2.23. The van der Waals surface area contributed by atoms with Crippen molar-refractivity contribution in [3.05, 3.63) is 53.9 Å². The maximum absolute atomic E-state index is 12.5. The third-order valence-corrected chi connectivity index (χ3v) is 2.49.